The molecule has 3 rings (SSSR count). The van der Waals surface area contributed by atoms with Crippen LogP contribution in [0, 0.1) is 0 Å². The van der Waals surface area contributed by atoms with Crippen molar-refractivity contribution in [2.24, 2.45) is 0 Å². The molecule has 0 spiro atoms. The zero-order valence-corrected chi connectivity index (χ0v) is 21.3. The smallest absolute Gasteiger partial charge is 0.394 e. The largest absolute Gasteiger partial charge is 0.471 e. The Bertz CT molecular complexity index is 1050. The minimum absolute atomic E-state index is 0.0936. The molecule has 38 heavy (non-hydrogen) atoms. The van der Waals surface area contributed by atoms with Crippen molar-refractivity contribution in [2.75, 3.05) is 26.9 Å². The average Bonchev–Trinajstić information content (AvgIpc) is 3.17. The summed E-state index contributed by atoms with van der Waals surface area (Å²) in [4.78, 5) is 43.7. The minimum atomic E-state index is -4.83. The van der Waals surface area contributed by atoms with E-state index >= 15 is 0 Å². The summed E-state index contributed by atoms with van der Waals surface area (Å²) in [6.07, 6.45) is -5.65. The fourth-order valence-electron chi connectivity index (χ4n) is 3.65. The number of nitrogens with zero attached hydrogens (tertiary/aromatic N) is 1. The molecule has 4 atom stereocenters. The highest BCUT2D eigenvalue weighted by Gasteiger charge is 2.54. The van der Waals surface area contributed by atoms with E-state index in [4.69, 9.17) is 30.2 Å². The zero-order valence-electron chi connectivity index (χ0n) is 20.4. The molecule has 1 aliphatic heterocycles. The molecule has 0 saturated carbocycles. The Balaban J connectivity index is 0.000000332. The normalized spacial score (nSPS) is 18.2. The van der Waals surface area contributed by atoms with Crippen LogP contribution in [0.5, 0.6) is 0 Å². The molecule has 1 saturated heterocycles. The number of likely N-dealkylation sites (N-methyl/N-ethyl adjacent to an activating group) is 1. The summed E-state index contributed by atoms with van der Waals surface area (Å²) >= 11 is 0. The third-order valence-corrected chi connectivity index (χ3v) is 6.06. The van der Waals surface area contributed by atoms with Gasteiger partial charge in [0.2, 0.25) is 0 Å². The third-order valence-electron chi connectivity index (χ3n) is 5.61. The maximum absolute atomic E-state index is 13.1. The SMILES string of the molecule is CNC[C@H](O)[C@@H](O)[C@H](O)[C@H](O)CO.O=C1NC(c2ccccc2)(c2ccccc2)C(=O)N1COP(=O)(O)O. The molecular weight excluding hydrogens is 525 g/mol. The lowest BCUT2D eigenvalue weighted by Crippen LogP contribution is -2.48. The Hall–Kier alpha value is -2.75. The molecule has 2 aromatic carbocycles. The molecule has 210 valence electrons. The lowest BCUT2D eigenvalue weighted by molar-refractivity contribution is -0.132. The van der Waals surface area contributed by atoms with Crippen molar-refractivity contribution in [2.45, 2.75) is 30.0 Å². The number of phosphoric acid groups is 1. The van der Waals surface area contributed by atoms with Gasteiger partial charge in [0, 0.05) is 6.54 Å². The molecule has 0 unspecified atom stereocenters. The van der Waals surface area contributed by atoms with Gasteiger partial charge in [-0.1, -0.05) is 60.7 Å². The minimum Gasteiger partial charge on any atom is -0.394 e. The Labute approximate surface area is 218 Å². The Kier molecular flexibility index (Phi) is 11.5. The molecule has 0 aliphatic carbocycles. The van der Waals surface area contributed by atoms with Crippen LogP contribution in [-0.4, -0.2) is 104 Å². The summed E-state index contributed by atoms with van der Waals surface area (Å²) < 4.78 is 15.2. The number of carbonyl (C=O) groups is 2. The van der Waals surface area contributed by atoms with Gasteiger partial charge in [0.1, 0.15) is 25.0 Å². The lowest BCUT2D eigenvalue weighted by atomic mass is 9.83. The van der Waals surface area contributed by atoms with E-state index < -0.39 is 63.1 Å². The molecule has 0 aromatic heterocycles. The number of rotatable bonds is 11. The summed E-state index contributed by atoms with van der Waals surface area (Å²) in [7, 11) is -3.26. The Morgan fingerprint density at radius 1 is 0.921 bits per heavy atom. The molecule has 1 aliphatic rings. The molecule has 0 radical (unpaired) electrons. The average molecular weight is 557 g/mol. The first-order valence-corrected chi connectivity index (χ1v) is 12.8. The van der Waals surface area contributed by atoms with Crippen LogP contribution in [0.2, 0.25) is 0 Å². The van der Waals surface area contributed by atoms with Crippen LogP contribution in [0.1, 0.15) is 11.1 Å². The van der Waals surface area contributed by atoms with E-state index in [2.05, 4.69) is 15.2 Å². The van der Waals surface area contributed by atoms with Gasteiger partial charge in [-0.15, -0.1) is 0 Å². The fraction of sp³-hybridized carbons (Fsp3) is 0.391. The second kappa shape index (κ2) is 13.9. The van der Waals surface area contributed by atoms with Gasteiger partial charge in [0.15, 0.2) is 5.54 Å². The van der Waals surface area contributed by atoms with Crippen molar-refractivity contribution in [1.82, 2.24) is 15.5 Å². The number of urea groups is 1. The van der Waals surface area contributed by atoms with E-state index in [1.807, 2.05) is 0 Å². The quantitative estimate of drug-likeness (QED) is 0.110. The van der Waals surface area contributed by atoms with Crippen LogP contribution in [0.3, 0.4) is 0 Å². The first-order valence-electron chi connectivity index (χ1n) is 11.3. The van der Waals surface area contributed by atoms with Crippen molar-refractivity contribution >= 4 is 19.8 Å². The van der Waals surface area contributed by atoms with Gasteiger partial charge in [0.25, 0.3) is 5.91 Å². The Morgan fingerprint density at radius 2 is 1.39 bits per heavy atom. The van der Waals surface area contributed by atoms with Crippen molar-refractivity contribution in [3.05, 3.63) is 71.8 Å². The zero-order chi connectivity index (χ0) is 28.5. The Morgan fingerprint density at radius 3 is 1.82 bits per heavy atom. The van der Waals surface area contributed by atoms with Crippen molar-refractivity contribution in [3.8, 4) is 0 Å². The number of hydrogen-bond donors (Lipinski definition) is 9. The molecule has 14 nitrogen and oxygen atoms in total. The molecule has 1 heterocycles. The highest BCUT2D eigenvalue weighted by molar-refractivity contribution is 7.46. The van der Waals surface area contributed by atoms with Crippen LogP contribution < -0.4 is 10.6 Å². The molecule has 3 amide bonds. The molecule has 2 aromatic rings. The lowest BCUT2D eigenvalue weighted by Gasteiger charge is -2.27. The van der Waals surface area contributed by atoms with Gasteiger partial charge in [-0.2, -0.15) is 0 Å². The summed E-state index contributed by atoms with van der Waals surface area (Å²) in [5.74, 6) is -0.677. The molecule has 0 bridgehead atoms. The summed E-state index contributed by atoms with van der Waals surface area (Å²) in [5, 5.41) is 50.1. The topological polar surface area (TPSA) is 229 Å². The van der Waals surface area contributed by atoms with Crippen LogP contribution in [0.15, 0.2) is 60.7 Å². The van der Waals surface area contributed by atoms with Crippen LogP contribution >= 0.6 is 7.82 Å². The number of aliphatic hydroxyl groups is 5. The molecule has 15 heteroatoms. The van der Waals surface area contributed by atoms with Gasteiger partial charge in [0.05, 0.1) is 12.7 Å². The maximum Gasteiger partial charge on any atom is 0.471 e. The van der Waals surface area contributed by atoms with E-state index in [-0.39, 0.29) is 6.54 Å². The summed E-state index contributed by atoms with van der Waals surface area (Å²) in [6.45, 7) is -1.42. The number of phosphoric ester groups is 1. The predicted octanol–water partition coefficient (Wildman–Crippen LogP) is -1.81. The number of amides is 3. The second-order valence-electron chi connectivity index (χ2n) is 8.25. The first-order chi connectivity index (χ1) is 17.9. The number of nitrogens with one attached hydrogen (secondary N) is 2. The first kappa shape index (κ1) is 31.5. The number of aliphatic hydroxyl groups excluding tert-OH is 5. The third kappa shape index (κ3) is 7.65. The van der Waals surface area contributed by atoms with Crippen molar-refractivity contribution in [1.29, 1.82) is 0 Å². The number of benzene rings is 2. The highest BCUT2D eigenvalue weighted by Crippen LogP contribution is 2.39. The van der Waals surface area contributed by atoms with Crippen molar-refractivity contribution in [3.63, 3.8) is 0 Å². The number of hydrogen-bond acceptors (Lipinski definition) is 10. The van der Waals surface area contributed by atoms with Gasteiger partial charge < -0.3 is 46.0 Å². The fourth-order valence-corrected chi connectivity index (χ4v) is 3.92. The standard InChI is InChI=1S/C16H15N2O6P.C7H17NO5/c19-14-16(12-7-3-1-4-8-12,13-9-5-2-6-10-13)17-15(20)18(14)11-24-25(21,22)23;1-8-2-4(10)6(12)7(13)5(11)3-9/h1-10H,11H2,(H,17,20)(H2,21,22,23);4-13H,2-3H2,1H3/t;4-,5+,6+,7+/m.0/s1. The summed E-state index contributed by atoms with van der Waals surface area (Å²) in [6, 6.07) is 16.4. The van der Waals surface area contributed by atoms with Gasteiger partial charge >= 0.3 is 13.9 Å². The summed E-state index contributed by atoms with van der Waals surface area (Å²) in [5.41, 5.74) is -0.436. The van der Waals surface area contributed by atoms with Crippen molar-refractivity contribution < 1.29 is 54.0 Å². The second-order valence-corrected chi connectivity index (χ2v) is 9.49. The molecule has 9 N–H and O–H groups in total. The van der Waals surface area contributed by atoms with Gasteiger partial charge in [-0.3, -0.25) is 9.32 Å². The van der Waals surface area contributed by atoms with E-state index in [0.717, 1.165) is 0 Å². The van der Waals surface area contributed by atoms with Gasteiger partial charge in [-0.25, -0.2) is 14.3 Å². The van der Waals surface area contributed by atoms with Crippen LogP contribution in [-0.2, 0) is 19.4 Å². The van der Waals surface area contributed by atoms with E-state index in [1.165, 1.54) is 0 Å². The van der Waals surface area contributed by atoms with Crippen LogP contribution in [0.25, 0.3) is 0 Å². The number of carbonyl (C=O) groups excluding carboxylic acids is 2. The monoisotopic (exact) mass is 557 g/mol. The predicted molar refractivity (Wildman–Crippen MR) is 132 cm³/mol. The molecule has 1 fully saturated rings. The van der Waals surface area contributed by atoms with Gasteiger partial charge in [-0.05, 0) is 18.2 Å². The van der Waals surface area contributed by atoms with Crippen LogP contribution in [0.4, 0.5) is 4.79 Å². The van der Waals surface area contributed by atoms with E-state index in [0.29, 0.717) is 16.0 Å². The van der Waals surface area contributed by atoms with E-state index in [9.17, 15) is 19.3 Å². The number of imide groups is 1. The highest BCUT2D eigenvalue weighted by atomic mass is 31.2. The molecular formula is C23H32N3O11P. The maximum atomic E-state index is 13.1. The van der Waals surface area contributed by atoms with E-state index in [1.54, 1.807) is 67.7 Å².